The van der Waals surface area contributed by atoms with Crippen LogP contribution in [0.5, 0.6) is 0 Å². The van der Waals surface area contributed by atoms with Crippen molar-refractivity contribution in [3.8, 4) is 5.69 Å². The van der Waals surface area contributed by atoms with E-state index in [0.717, 1.165) is 10.1 Å². The maximum Gasteiger partial charge on any atom is 0.491 e. The molecule has 3 heterocycles. The van der Waals surface area contributed by atoms with E-state index < -0.39 is 29.6 Å². The fourth-order valence-corrected chi connectivity index (χ4v) is 4.04. The van der Waals surface area contributed by atoms with Gasteiger partial charge in [-0.25, -0.2) is 9.59 Å². The number of imidazole rings is 1. The van der Waals surface area contributed by atoms with E-state index in [9.17, 15) is 27.6 Å². The van der Waals surface area contributed by atoms with Gasteiger partial charge in [0.15, 0.2) is 17.4 Å². The van der Waals surface area contributed by atoms with E-state index in [1.165, 1.54) is 28.1 Å². The number of carbonyl (C=O) groups is 1. The minimum atomic E-state index is -5.17. The van der Waals surface area contributed by atoms with Crippen molar-refractivity contribution < 1.29 is 22.7 Å². The molecular formula is C21H23F3N6O4. The molecule has 0 saturated carbocycles. The summed E-state index contributed by atoms with van der Waals surface area (Å²) >= 11 is 0. The van der Waals surface area contributed by atoms with Gasteiger partial charge in [-0.1, -0.05) is 25.1 Å². The van der Waals surface area contributed by atoms with E-state index in [2.05, 4.69) is 10.3 Å². The molecule has 1 aromatic carbocycles. The second-order valence-electron chi connectivity index (χ2n) is 7.86. The number of alkyl halides is 3. The lowest BCUT2D eigenvalue weighted by molar-refractivity contribution is -0.205. The highest BCUT2D eigenvalue weighted by molar-refractivity contribution is 5.79. The van der Waals surface area contributed by atoms with Gasteiger partial charge in [-0.15, -0.1) is 0 Å². The highest BCUT2D eigenvalue weighted by Gasteiger charge is 2.44. The third-order valence-corrected chi connectivity index (χ3v) is 5.78. The third kappa shape index (κ3) is 3.85. The van der Waals surface area contributed by atoms with Crippen molar-refractivity contribution in [3.05, 3.63) is 50.7 Å². The van der Waals surface area contributed by atoms with E-state index in [1.54, 1.807) is 12.1 Å². The molecule has 0 radical (unpaired) electrons. The number of anilines is 1. The summed E-state index contributed by atoms with van der Waals surface area (Å²) in [4.78, 5) is 43.3. The lowest BCUT2D eigenvalue weighted by atomic mass is 10.1. The van der Waals surface area contributed by atoms with Crippen LogP contribution in [-0.2, 0) is 30.0 Å². The standard InChI is InChI=1S/C21H23F3N6O4/c1-4-12-7-5-6-8-13(12)30-15-16(27(2)20(33)28(3)17(15)31)26-19(30)29-10-9-25-11-14(29)34-18(32)21(22,23)24/h5-8,14,25H,4,9-11H2,1-3H3. The first-order valence-electron chi connectivity index (χ1n) is 10.6. The van der Waals surface area contributed by atoms with Crippen molar-refractivity contribution in [1.82, 2.24) is 24.0 Å². The first-order chi connectivity index (χ1) is 16.1. The second-order valence-corrected chi connectivity index (χ2v) is 7.86. The number of carbonyl (C=O) groups excluding carboxylic acids is 1. The quantitative estimate of drug-likeness (QED) is 0.552. The highest BCUT2D eigenvalue weighted by atomic mass is 19.4. The monoisotopic (exact) mass is 480 g/mol. The number of nitrogens with zero attached hydrogens (tertiary/aromatic N) is 5. The van der Waals surface area contributed by atoms with Gasteiger partial charge in [-0.2, -0.15) is 18.2 Å². The molecule has 0 spiro atoms. The van der Waals surface area contributed by atoms with Gasteiger partial charge in [0.1, 0.15) is 0 Å². The summed E-state index contributed by atoms with van der Waals surface area (Å²) in [6.07, 6.45) is -5.92. The molecule has 0 aliphatic carbocycles. The van der Waals surface area contributed by atoms with Gasteiger partial charge in [-0.3, -0.25) is 18.5 Å². The molecule has 3 aromatic rings. The summed E-state index contributed by atoms with van der Waals surface area (Å²) in [5.41, 5.74) is 0.364. The zero-order valence-electron chi connectivity index (χ0n) is 18.7. The number of piperazine rings is 1. The largest absolute Gasteiger partial charge is 0.491 e. The number of aromatic nitrogens is 4. The van der Waals surface area contributed by atoms with Crippen molar-refractivity contribution in [3.63, 3.8) is 0 Å². The number of esters is 1. The Bertz CT molecular complexity index is 1370. The average Bonchev–Trinajstić information content (AvgIpc) is 3.21. The zero-order chi connectivity index (χ0) is 24.8. The molecule has 182 valence electrons. The summed E-state index contributed by atoms with van der Waals surface area (Å²) in [5.74, 6) is -2.23. The van der Waals surface area contributed by atoms with Crippen molar-refractivity contribution in [2.24, 2.45) is 14.1 Å². The second kappa shape index (κ2) is 8.63. The highest BCUT2D eigenvalue weighted by Crippen LogP contribution is 2.30. The van der Waals surface area contributed by atoms with Crippen LogP contribution in [0.1, 0.15) is 12.5 Å². The molecule has 1 fully saturated rings. The van der Waals surface area contributed by atoms with Gasteiger partial charge in [0.2, 0.25) is 5.95 Å². The summed E-state index contributed by atoms with van der Waals surface area (Å²) in [6.45, 7) is 2.35. The smallest absolute Gasteiger partial charge is 0.433 e. The predicted octanol–water partition coefficient (Wildman–Crippen LogP) is 0.826. The molecule has 2 aromatic heterocycles. The van der Waals surface area contributed by atoms with Crippen LogP contribution in [0, 0.1) is 0 Å². The van der Waals surface area contributed by atoms with Crippen LogP contribution >= 0.6 is 0 Å². The van der Waals surface area contributed by atoms with Crippen LogP contribution in [0.4, 0.5) is 19.1 Å². The Morgan fingerprint density at radius 3 is 2.59 bits per heavy atom. The fourth-order valence-electron chi connectivity index (χ4n) is 4.04. The lowest BCUT2D eigenvalue weighted by Gasteiger charge is -2.36. The number of aryl methyl sites for hydroxylation is 2. The van der Waals surface area contributed by atoms with Crippen LogP contribution in [-0.4, -0.2) is 56.7 Å². The average molecular weight is 480 g/mol. The lowest BCUT2D eigenvalue weighted by Crippen LogP contribution is -2.55. The van der Waals surface area contributed by atoms with Crippen molar-refractivity contribution in [2.45, 2.75) is 25.7 Å². The van der Waals surface area contributed by atoms with Crippen LogP contribution in [0.2, 0.25) is 0 Å². The Morgan fingerprint density at radius 2 is 1.91 bits per heavy atom. The fraction of sp³-hybridized carbons (Fsp3) is 0.429. The Hall–Kier alpha value is -3.61. The number of rotatable bonds is 4. The minimum absolute atomic E-state index is 0.0634. The number of para-hydroxylation sites is 1. The van der Waals surface area contributed by atoms with Crippen molar-refractivity contribution in [1.29, 1.82) is 0 Å². The number of fused-ring (bicyclic) bond motifs is 1. The molecule has 0 amide bonds. The molecule has 1 saturated heterocycles. The molecule has 10 nitrogen and oxygen atoms in total. The summed E-state index contributed by atoms with van der Waals surface area (Å²) < 4.78 is 47.2. The molecule has 1 aliphatic rings. The number of hydrogen-bond donors (Lipinski definition) is 1. The topological polar surface area (TPSA) is 103 Å². The molecule has 0 bridgehead atoms. The van der Waals surface area contributed by atoms with Gasteiger partial charge in [0, 0.05) is 27.2 Å². The number of benzene rings is 1. The van der Waals surface area contributed by atoms with Gasteiger partial charge >= 0.3 is 17.8 Å². The normalized spacial score (nSPS) is 16.8. The third-order valence-electron chi connectivity index (χ3n) is 5.78. The predicted molar refractivity (Wildman–Crippen MR) is 117 cm³/mol. The molecule has 1 unspecified atom stereocenters. The van der Waals surface area contributed by atoms with Gasteiger partial charge in [-0.05, 0) is 18.1 Å². The SMILES string of the molecule is CCc1ccccc1-n1c(N2CCNCC2OC(=O)C(F)(F)F)nc2c1c(=O)n(C)c(=O)n2C. The van der Waals surface area contributed by atoms with Gasteiger partial charge in [0.25, 0.3) is 5.56 Å². The molecule has 13 heteroatoms. The first kappa shape index (κ1) is 23.5. The summed E-state index contributed by atoms with van der Waals surface area (Å²) in [7, 11) is 2.79. The summed E-state index contributed by atoms with van der Waals surface area (Å²) in [5, 5.41) is 2.90. The van der Waals surface area contributed by atoms with Gasteiger partial charge < -0.3 is 15.0 Å². The molecule has 4 rings (SSSR count). The van der Waals surface area contributed by atoms with Crippen LogP contribution < -0.4 is 21.5 Å². The summed E-state index contributed by atoms with van der Waals surface area (Å²) in [6, 6.07) is 7.20. The van der Waals surface area contributed by atoms with E-state index in [4.69, 9.17) is 4.74 Å². The Balaban J connectivity index is 2.01. The van der Waals surface area contributed by atoms with Crippen molar-refractivity contribution in [2.75, 3.05) is 24.5 Å². The van der Waals surface area contributed by atoms with E-state index >= 15 is 0 Å². The maximum absolute atomic E-state index is 13.2. The minimum Gasteiger partial charge on any atom is -0.433 e. The molecule has 1 N–H and O–H groups in total. The molecular weight excluding hydrogens is 457 g/mol. The molecule has 1 aliphatic heterocycles. The Kier molecular flexibility index (Phi) is 5.98. The molecule has 1 atom stereocenters. The van der Waals surface area contributed by atoms with Crippen LogP contribution in [0.25, 0.3) is 16.9 Å². The number of halogens is 3. The van der Waals surface area contributed by atoms with Crippen molar-refractivity contribution >= 4 is 23.1 Å². The Morgan fingerprint density at radius 1 is 1.21 bits per heavy atom. The van der Waals surface area contributed by atoms with Crippen LogP contribution in [0.3, 0.4) is 0 Å². The maximum atomic E-state index is 13.2. The Labute approximate surface area is 191 Å². The number of nitrogens with one attached hydrogen (secondary N) is 1. The number of hydrogen-bond acceptors (Lipinski definition) is 7. The van der Waals surface area contributed by atoms with E-state index in [-0.39, 0.29) is 30.2 Å². The van der Waals surface area contributed by atoms with Crippen LogP contribution in [0.15, 0.2) is 33.9 Å². The van der Waals surface area contributed by atoms with Gasteiger partial charge in [0.05, 0.1) is 12.2 Å². The number of ether oxygens (including phenoxy) is 1. The molecule has 34 heavy (non-hydrogen) atoms. The van der Waals surface area contributed by atoms with E-state index in [0.29, 0.717) is 18.7 Å². The zero-order valence-corrected chi connectivity index (χ0v) is 18.7. The first-order valence-corrected chi connectivity index (χ1v) is 10.6. The van der Waals surface area contributed by atoms with E-state index in [1.807, 2.05) is 19.1 Å².